The molecule has 0 N–H and O–H groups in total. The van der Waals surface area contributed by atoms with Crippen LogP contribution in [-0.4, -0.2) is 19.3 Å². The highest BCUT2D eigenvalue weighted by atomic mass is 16.6. The number of nitrogens with zero attached hydrogens (tertiary/aromatic N) is 1. The smallest absolute Gasteiger partial charge is 0.203 e. The first kappa shape index (κ1) is 9.66. The van der Waals surface area contributed by atoms with E-state index in [1.165, 1.54) is 0 Å². The van der Waals surface area contributed by atoms with Gasteiger partial charge in [-0.1, -0.05) is 6.07 Å². The lowest BCUT2D eigenvalue weighted by Gasteiger charge is -2.21. The van der Waals surface area contributed by atoms with Crippen molar-refractivity contribution in [3.8, 4) is 23.3 Å². The molecular weight excluding hydrogens is 194 g/mol. The van der Waals surface area contributed by atoms with E-state index in [1.807, 2.05) is 18.2 Å². The summed E-state index contributed by atoms with van der Waals surface area (Å²) in [5.41, 5.74) is 0. The van der Waals surface area contributed by atoms with Gasteiger partial charge in [0.1, 0.15) is 19.3 Å². The van der Waals surface area contributed by atoms with Crippen molar-refractivity contribution in [2.45, 2.75) is 13.0 Å². The van der Waals surface area contributed by atoms with E-state index >= 15 is 0 Å². The maximum atomic E-state index is 8.65. The zero-order chi connectivity index (χ0) is 10.7. The number of benzene rings is 1. The second kappa shape index (κ2) is 4.09. The molecule has 0 aromatic heterocycles. The Morgan fingerprint density at radius 2 is 2.20 bits per heavy atom. The van der Waals surface area contributed by atoms with E-state index in [2.05, 4.69) is 0 Å². The third-order valence-corrected chi connectivity index (χ3v) is 2.02. The normalized spacial score (nSPS) is 15.2. The zero-order valence-corrected chi connectivity index (χ0v) is 8.40. The lowest BCUT2D eigenvalue weighted by molar-refractivity contribution is 0.159. The molecule has 15 heavy (non-hydrogen) atoms. The lowest BCUT2D eigenvalue weighted by Crippen LogP contribution is -2.17. The van der Waals surface area contributed by atoms with Crippen LogP contribution >= 0.6 is 0 Å². The molecule has 1 atom stereocenters. The highest BCUT2D eigenvalue weighted by Crippen LogP contribution is 2.39. The van der Waals surface area contributed by atoms with E-state index in [0.29, 0.717) is 30.5 Å². The summed E-state index contributed by atoms with van der Waals surface area (Å²) in [6.45, 7) is 2.74. The van der Waals surface area contributed by atoms with Gasteiger partial charge in [0, 0.05) is 0 Å². The molecular formula is C11H11NO3. The number of ether oxygens (including phenoxy) is 3. The van der Waals surface area contributed by atoms with Gasteiger partial charge in [-0.3, -0.25) is 0 Å². The van der Waals surface area contributed by atoms with Crippen molar-refractivity contribution in [3.63, 3.8) is 0 Å². The number of rotatable bonds is 2. The molecule has 78 valence electrons. The van der Waals surface area contributed by atoms with Crippen molar-refractivity contribution in [3.05, 3.63) is 18.2 Å². The number of nitriles is 1. The molecule has 0 amide bonds. The Hall–Kier alpha value is -1.89. The van der Waals surface area contributed by atoms with E-state index < -0.39 is 6.10 Å². The Balaban J connectivity index is 2.28. The highest BCUT2D eigenvalue weighted by molar-refractivity contribution is 5.51. The maximum Gasteiger partial charge on any atom is 0.203 e. The van der Waals surface area contributed by atoms with E-state index in [4.69, 9.17) is 19.5 Å². The predicted molar refractivity (Wildman–Crippen MR) is 53.1 cm³/mol. The summed E-state index contributed by atoms with van der Waals surface area (Å²) >= 11 is 0. The van der Waals surface area contributed by atoms with Gasteiger partial charge in [0.25, 0.3) is 0 Å². The maximum absolute atomic E-state index is 8.65. The molecule has 1 aromatic rings. The predicted octanol–water partition coefficient (Wildman–Crippen LogP) is 1.75. The third-order valence-electron chi connectivity index (χ3n) is 2.02. The number of hydrogen-bond acceptors (Lipinski definition) is 4. The first-order valence-electron chi connectivity index (χ1n) is 4.76. The van der Waals surface area contributed by atoms with Gasteiger partial charge in [-0.15, -0.1) is 0 Å². The first-order chi connectivity index (χ1) is 7.31. The number of para-hydroxylation sites is 1. The van der Waals surface area contributed by atoms with Gasteiger partial charge in [-0.05, 0) is 19.1 Å². The molecule has 0 fully saturated rings. The third kappa shape index (κ3) is 1.96. The first-order valence-corrected chi connectivity index (χ1v) is 4.76. The van der Waals surface area contributed by atoms with Crippen LogP contribution in [0.2, 0.25) is 0 Å². The van der Waals surface area contributed by atoms with Crippen molar-refractivity contribution in [2.75, 3.05) is 13.2 Å². The van der Waals surface area contributed by atoms with Crippen molar-refractivity contribution in [2.24, 2.45) is 0 Å². The molecule has 1 aromatic carbocycles. The summed E-state index contributed by atoms with van der Waals surface area (Å²) < 4.78 is 16.2. The van der Waals surface area contributed by atoms with E-state index in [-0.39, 0.29) is 0 Å². The second-order valence-electron chi connectivity index (χ2n) is 3.17. The van der Waals surface area contributed by atoms with Crippen LogP contribution in [0.1, 0.15) is 6.92 Å². The minimum atomic E-state index is -0.498. The average Bonchev–Trinajstić information content (AvgIpc) is 2.29. The molecule has 2 rings (SSSR count). The summed E-state index contributed by atoms with van der Waals surface area (Å²) in [4.78, 5) is 0. The fourth-order valence-electron chi connectivity index (χ4n) is 1.36. The summed E-state index contributed by atoms with van der Waals surface area (Å²) in [5.74, 6) is 1.82. The van der Waals surface area contributed by atoms with Crippen LogP contribution < -0.4 is 14.2 Å². The van der Waals surface area contributed by atoms with Gasteiger partial charge >= 0.3 is 0 Å². The molecule has 4 heteroatoms. The summed E-state index contributed by atoms with van der Waals surface area (Å²) in [7, 11) is 0. The van der Waals surface area contributed by atoms with Gasteiger partial charge in [-0.25, -0.2) is 0 Å². The highest BCUT2D eigenvalue weighted by Gasteiger charge is 2.17. The SMILES string of the molecule is CC(C#N)Oc1cccc2c1OCCO2. The van der Waals surface area contributed by atoms with E-state index in [0.717, 1.165) is 0 Å². The summed E-state index contributed by atoms with van der Waals surface area (Å²) in [6.07, 6.45) is -0.498. The molecule has 4 nitrogen and oxygen atoms in total. The molecule has 0 bridgehead atoms. The zero-order valence-electron chi connectivity index (χ0n) is 8.40. The number of fused-ring (bicyclic) bond motifs is 1. The minimum Gasteiger partial charge on any atom is -0.486 e. The van der Waals surface area contributed by atoms with Crippen LogP contribution in [0, 0.1) is 11.3 Å². The standard InChI is InChI=1S/C11H11NO3/c1-8(7-12)15-10-4-2-3-9-11(10)14-6-5-13-9/h2-4,8H,5-6H2,1H3. The van der Waals surface area contributed by atoms with Crippen molar-refractivity contribution >= 4 is 0 Å². The minimum absolute atomic E-state index is 0.498. The molecule has 0 saturated carbocycles. The molecule has 1 heterocycles. The molecule has 1 aliphatic rings. The van der Waals surface area contributed by atoms with E-state index in [9.17, 15) is 0 Å². The van der Waals surface area contributed by atoms with Gasteiger partial charge in [-0.2, -0.15) is 5.26 Å². The van der Waals surface area contributed by atoms with Gasteiger partial charge < -0.3 is 14.2 Å². The lowest BCUT2D eigenvalue weighted by atomic mass is 10.2. The molecule has 0 aliphatic carbocycles. The summed E-state index contributed by atoms with van der Waals surface area (Å²) in [5, 5.41) is 8.65. The van der Waals surface area contributed by atoms with Crippen LogP contribution in [0.4, 0.5) is 0 Å². The average molecular weight is 205 g/mol. The van der Waals surface area contributed by atoms with Crippen molar-refractivity contribution in [1.82, 2.24) is 0 Å². The Bertz CT molecular complexity index is 397. The van der Waals surface area contributed by atoms with Crippen LogP contribution in [-0.2, 0) is 0 Å². The fraction of sp³-hybridized carbons (Fsp3) is 0.364. The van der Waals surface area contributed by atoms with Gasteiger partial charge in [0.05, 0.1) is 0 Å². The summed E-state index contributed by atoms with van der Waals surface area (Å²) in [6, 6.07) is 7.40. The van der Waals surface area contributed by atoms with Crippen LogP contribution in [0.15, 0.2) is 18.2 Å². The van der Waals surface area contributed by atoms with E-state index in [1.54, 1.807) is 13.0 Å². The quantitative estimate of drug-likeness (QED) is 0.738. The topological polar surface area (TPSA) is 51.5 Å². The van der Waals surface area contributed by atoms with Crippen LogP contribution in [0.5, 0.6) is 17.2 Å². The fourth-order valence-corrected chi connectivity index (χ4v) is 1.36. The molecule has 1 unspecified atom stereocenters. The Morgan fingerprint density at radius 3 is 3.00 bits per heavy atom. The second-order valence-corrected chi connectivity index (χ2v) is 3.17. The molecule has 0 radical (unpaired) electrons. The van der Waals surface area contributed by atoms with Gasteiger partial charge in [0.15, 0.2) is 17.6 Å². The monoisotopic (exact) mass is 205 g/mol. The van der Waals surface area contributed by atoms with Crippen LogP contribution in [0.25, 0.3) is 0 Å². The van der Waals surface area contributed by atoms with Gasteiger partial charge in [0.2, 0.25) is 5.75 Å². The molecule has 1 aliphatic heterocycles. The Kier molecular flexibility index (Phi) is 2.64. The Labute approximate surface area is 88.0 Å². The van der Waals surface area contributed by atoms with Crippen molar-refractivity contribution < 1.29 is 14.2 Å². The largest absolute Gasteiger partial charge is 0.486 e. The Morgan fingerprint density at radius 1 is 1.40 bits per heavy atom. The number of hydrogen-bond donors (Lipinski definition) is 0. The molecule has 0 spiro atoms. The van der Waals surface area contributed by atoms with Crippen molar-refractivity contribution in [1.29, 1.82) is 5.26 Å². The molecule has 0 saturated heterocycles. The van der Waals surface area contributed by atoms with Crippen LogP contribution in [0.3, 0.4) is 0 Å².